The Kier molecular flexibility index (Phi) is 2.04. The van der Waals surface area contributed by atoms with Crippen molar-refractivity contribution < 1.29 is 4.79 Å². The van der Waals surface area contributed by atoms with Crippen LogP contribution in [0.2, 0.25) is 5.02 Å². The molecule has 0 saturated heterocycles. The Morgan fingerprint density at radius 1 is 1.50 bits per heavy atom. The first kappa shape index (κ1) is 9.85. The summed E-state index contributed by atoms with van der Waals surface area (Å²) in [7, 11) is 1.96. The van der Waals surface area contributed by atoms with Gasteiger partial charge in [0.2, 0.25) is 0 Å². The Morgan fingerprint density at radius 2 is 2.25 bits per heavy atom. The van der Waals surface area contributed by atoms with Gasteiger partial charge in [-0.3, -0.25) is 4.79 Å². The number of aromatic nitrogens is 2. The largest absolute Gasteiger partial charge is 0.330 e. The smallest absolute Gasteiger partial charge is 0.152 e. The second-order valence-corrected chi connectivity index (χ2v) is 4.72. The summed E-state index contributed by atoms with van der Waals surface area (Å²) in [6.07, 6.45) is 3.23. The normalized spacial score (nSPS) is 15.6. The highest BCUT2D eigenvalue weighted by Crippen LogP contribution is 2.40. The molecule has 2 aromatic rings. The van der Waals surface area contributed by atoms with Gasteiger partial charge in [0.1, 0.15) is 5.82 Å². The third-order valence-corrected chi connectivity index (χ3v) is 3.29. The second kappa shape index (κ2) is 3.32. The quantitative estimate of drug-likeness (QED) is 0.749. The van der Waals surface area contributed by atoms with Crippen molar-refractivity contribution in [1.29, 1.82) is 0 Å². The zero-order valence-electron chi connectivity index (χ0n) is 8.90. The summed E-state index contributed by atoms with van der Waals surface area (Å²) in [5.74, 6) is 1.64. The van der Waals surface area contributed by atoms with E-state index >= 15 is 0 Å². The minimum atomic E-state index is 0.565. The minimum absolute atomic E-state index is 0.565. The number of aryl methyl sites for hydroxylation is 1. The van der Waals surface area contributed by atoms with Crippen molar-refractivity contribution in [3.05, 3.63) is 28.5 Å². The summed E-state index contributed by atoms with van der Waals surface area (Å²) in [6, 6.07) is 3.50. The maximum Gasteiger partial charge on any atom is 0.152 e. The van der Waals surface area contributed by atoms with Crippen LogP contribution in [0, 0.1) is 0 Å². The number of nitrogens with zero attached hydrogens (tertiary/aromatic N) is 2. The van der Waals surface area contributed by atoms with E-state index < -0.39 is 0 Å². The molecule has 1 fully saturated rings. The predicted octanol–water partition coefficient (Wildman–Crippen LogP) is 2.92. The Hall–Kier alpha value is -1.35. The lowest BCUT2D eigenvalue weighted by Crippen LogP contribution is -1.97. The first-order chi connectivity index (χ1) is 7.70. The number of aldehydes is 1. The van der Waals surface area contributed by atoms with Gasteiger partial charge in [-0.05, 0) is 25.0 Å². The van der Waals surface area contributed by atoms with E-state index in [0.717, 1.165) is 23.1 Å². The first-order valence-electron chi connectivity index (χ1n) is 5.31. The highest BCUT2D eigenvalue weighted by molar-refractivity contribution is 6.31. The predicted molar refractivity (Wildman–Crippen MR) is 63.1 cm³/mol. The van der Waals surface area contributed by atoms with E-state index in [4.69, 9.17) is 11.6 Å². The highest BCUT2D eigenvalue weighted by atomic mass is 35.5. The number of hydrogen-bond acceptors (Lipinski definition) is 2. The number of rotatable bonds is 2. The first-order valence-corrected chi connectivity index (χ1v) is 5.69. The highest BCUT2D eigenvalue weighted by Gasteiger charge is 2.29. The van der Waals surface area contributed by atoms with Crippen LogP contribution in [0.15, 0.2) is 12.1 Å². The molecule has 82 valence electrons. The van der Waals surface area contributed by atoms with Gasteiger partial charge in [-0.2, -0.15) is 0 Å². The summed E-state index contributed by atoms with van der Waals surface area (Å²) in [4.78, 5) is 15.6. The third-order valence-electron chi connectivity index (χ3n) is 3.07. The molecule has 0 N–H and O–H groups in total. The molecule has 3 rings (SSSR count). The molecule has 0 atom stereocenters. The fourth-order valence-corrected chi connectivity index (χ4v) is 2.39. The maximum absolute atomic E-state index is 11.0. The molecule has 0 amide bonds. The Bertz CT molecular complexity index is 584. The van der Waals surface area contributed by atoms with Crippen LogP contribution in [-0.4, -0.2) is 15.8 Å². The molecule has 0 radical (unpaired) electrons. The molecule has 1 aliphatic rings. The van der Waals surface area contributed by atoms with Gasteiger partial charge in [0.15, 0.2) is 6.29 Å². The van der Waals surface area contributed by atoms with Crippen LogP contribution >= 0.6 is 11.6 Å². The van der Waals surface area contributed by atoms with Crippen molar-refractivity contribution in [1.82, 2.24) is 9.55 Å². The Balaban J connectivity index is 2.35. The van der Waals surface area contributed by atoms with Crippen LogP contribution < -0.4 is 0 Å². The number of halogens is 1. The van der Waals surface area contributed by atoms with Crippen molar-refractivity contribution in [2.75, 3.05) is 0 Å². The fourth-order valence-electron chi connectivity index (χ4n) is 2.17. The van der Waals surface area contributed by atoms with Gasteiger partial charge in [-0.1, -0.05) is 11.6 Å². The Morgan fingerprint density at radius 3 is 2.88 bits per heavy atom. The average Bonchev–Trinajstić information content (AvgIpc) is 3.04. The molecule has 1 aromatic carbocycles. The van der Waals surface area contributed by atoms with Crippen molar-refractivity contribution in [2.45, 2.75) is 18.8 Å². The fraction of sp³-hybridized carbons (Fsp3) is 0.333. The number of benzene rings is 1. The lowest BCUT2D eigenvalue weighted by atomic mass is 10.2. The summed E-state index contributed by atoms with van der Waals surface area (Å²) < 4.78 is 2.02. The Labute approximate surface area is 98.0 Å². The van der Waals surface area contributed by atoms with Crippen LogP contribution in [-0.2, 0) is 7.05 Å². The summed E-state index contributed by atoms with van der Waals surface area (Å²) >= 11 is 5.95. The van der Waals surface area contributed by atoms with Crippen LogP contribution in [0.4, 0.5) is 0 Å². The molecular formula is C12H11ClN2O. The molecule has 4 heteroatoms. The SMILES string of the molecule is Cn1c(C2CC2)nc2cc(Cl)cc(C=O)c21. The molecule has 0 bridgehead atoms. The molecule has 0 aliphatic heterocycles. The van der Waals surface area contributed by atoms with Crippen LogP contribution in [0.1, 0.15) is 34.9 Å². The molecule has 0 spiro atoms. The molecule has 3 nitrogen and oxygen atoms in total. The number of fused-ring (bicyclic) bond motifs is 1. The van der Waals surface area contributed by atoms with Crippen molar-refractivity contribution in [2.24, 2.45) is 7.05 Å². The second-order valence-electron chi connectivity index (χ2n) is 4.28. The molecule has 16 heavy (non-hydrogen) atoms. The minimum Gasteiger partial charge on any atom is -0.330 e. The van der Waals surface area contributed by atoms with Gasteiger partial charge in [0.05, 0.1) is 11.0 Å². The monoisotopic (exact) mass is 234 g/mol. The van der Waals surface area contributed by atoms with Gasteiger partial charge in [0, 0.05) is 23.6 Å². The number of carbonyl (C=O) groups excluding carboxylic acids is 1. The zero-order chi connectivity index (χ0) is 11.3. The van der Waals surface area contributed by atoms with Gasteiger partial charge < -0.3 is 4.57 Å². The summed E-state index contributed by atoms with van der Waals surface area (Å²) in [5, 5.41) is 0.565. The zero-order valence-corrected chi connectivity index (χ0v) is 9.66. The average molecular weight is 235 g/mol. The molecule has 1 aromatic heterocycles. The van der Waals surface area contributed by atoms with E-state index in [1.165, 1.54) is 12.8 Å². The standard InChI is InChI=1S/C12H11ClN2O/c1-15-11-8(6-16)4-9(13)5-10(11)14-12(15)7-2-3-7/h4-7H,2-3H2,1H3. The van der Waals surface area contributed by atoms with Crippen LogP contribution in [0.3, 0.4) is 0 Å². The molecule has 0 unspecified atom stereocenters. The molecule has 1 saturated carbocycles. The van der Waals surface area contributed by atoms with Crippen molar-refractivity contribution in [3.63, 3.8) is 0 Å². The summed E-state index contributed by atoms with van der Waals surface area (Å²) in [5.41, 5.74) is 2.32. The van der Waals surface area contributed by atoms with Gasteiger partial charge in [0.25, 0.3) is 0 Å². The van der Waals surface area contributed by atoms with Gasteiger partial charge in [-0.25, -0.2) is 4.98 Å². The van der Waals surface area contributed by atoms with E-state index in [1.807, 2.05) is 17.7 Å². The van der Waals surface area contributed by atoms with Gasteiger partial charge in [-0.15, -0.1) is 0 Å². The lowest BCUT2D eigenvalue weighted by molar-refractivity contribution is 0.112. The molecular weight excluding hydrogens is 224 g/mol. The molecule has 1 aliphatic carbocycles. The topological polar surface area (TPSA) is 34.9 Å². The summed E-state index contributed by atoms with van der Waals surface area (Å²) in [6.45, 7) is 0. The van der Waals surface area contributed by atoms with Gasteiger partial charge >= 0.3 is 0 Å². The van der Waals surface area contributed by atoms with Crippen LogP contribution in [0.25, 0.3) is 11.0 Å². The number of imidazole rings is 1. The third kappa shape index (κ3) is 1.35. The lowest BCUT2D eigenvalue weighted by Gasteiger charge is -2.01. The van der Waals surface area contributed by atoms with E-state index in [-0.39, 0.29) is 0 Å². The maximum atomic E-state index is 11.0. The van der Waals surface area contributed by atoms with E-state index in [9.17, 15) is 4.79 Å². The number of hydrogen-bond donors (Lipinski definition) is 0. The van der Waals surface area contributed by atoms with Crippen LogP contribution in [0.5, 0.6) is 0 Å². The van der Waals surface area contributed by atoms with E-state index in [2.05, 4.69) is 4.98 Å². The molecule has 1 heterocycles. The van der Waals surface area contributed by atoms with Crippen molar-refractivity contribution >= 4 is 28.9 Å². The van der Waals surface area contributed by atoms with E-state index in [1.54, 1.807) is 6.07 Å². The van der Waals surface area contributed by atoms with E-state index in [0.29, 0.717) is 16.5 Å². The van der Waals surface area contributed by atoms with Crippen molar-refractivity contribution in [3.8, 4) is 0 Å². The number of carbonyl (C=O) groups is 1.